The minimum atomic E-state index is 0.775. The highest BCUT2D eigenvalue weighted by molar-refractivity contribution is 5.66. The predicted molar refractivity (Wildman–Crippen MR) is 86.4 cm³/mol. The van der Waals surface area contributed by atoms with Crippen LogP contribution in [0.2, 0.25) is 0 Å². The first-order chi connectivity index (χ1) is 9.83. The molecule has 0 aromatic heterocycles. The van der Waals surface area contributed by atoms with Crippen molar-refractivity contribution in [3.63, 3.8) is 0 Å². The molecule has 20 heavy (non-hydrogen) atoms. The topological polar surface area (TPSA) is 21.3 Å². The third-order valence-corrected chi connectivity index (χ3v) is 3.12. The van der Waals surface area contributed by atoms with Crippen LogP contribution in [0.1, 0.15) is 26.7 Å². The zero-order valence-electron chi connectivity index (χ0n) is 12.4. The molecule has 0 saturated heterocycles. The molecule has 106 valence electrons. The number of hydrogen-bond acceptors (Lipinski definition) is 2. The first kappa shape index (κ1) is 14.4. The largest absolute Gasteiger partial charge is 0.494 e. The van der Waals surface area contributed by atoms with Gasteiger partial charge in [0.2, 0.25) is 0 Å². The van der Waals surface area contributed by atoms with Crippen molar-refractivity contribution in [3.05, 3.63) is 48.5 Å². The number of hydrogen-bond donors (Lipinski definition) is 1. The smallest absolute Gasteiger partial charge is 0.119 e. The van der Waals surface area contributed by atoms with E-state index in [1.165, 1.54) is 16.8 Å². The Kier molecular flexibility index (Phi) is 5.48. The van der Waals surface area contributed by atoms with Gasteiger partial charge in [0.1, 0.15) is 5.75 Å². The summed E-state index contributed by atoms with van der Waals surface area (Å²) in [6.07, 6.45) is 2.18. The average Bonchev–Trinajstić information content (AvgIpc) is 2.52. The number of rotatable bonds is 7. The van der Waals surface area contributed by atoms with E-state index in [1.807, 2.05) is 12.1 Å². The summed E-state index contributed by atoms with van der Waals surface area (Å²) in [5, 5.41) is 3.39. The highest BCUT2D eigenvalue weighted by Gasteiger charge is 1.99. The summed E-state index contributed by atoms with van der Waals surface area (Å²) in [6, 6.07) is 16.9. The number of ether oxygens (including phenoxy) is 1. The average molecular weight is 269 g/mol. The van der Waals surface area contributed by atoms with E-state index < -0.39 is 0 Å². The van der Waals surface area contributed by atoms with Gasteiger partial charge in [0.25, 0.3) is 0 Å². The molecule has 0 amide bonds. The summed E-state index contributed by atoms with van der Waals surface area (Å²) in [6.45, 7) is 6.08. The lowest BCUT2D eigenvalue weighted by Crippen LogP contribution is -1.98. The van der Waals surface area contributed by atoms with Crippen molar-refractivity contribution in [1.29, 1.82) is 0 Å². The van der Waals surface area contributed by atoms with E-state index in [-0.39, 0.29) is 0 Å². The van der Waals surface area contributed by atoms with Crippen LogP contribution in [0.3, 0.4) is 0 Å². The minimum absolute atomic E-state index is 0.775. The first-order valence-corrected chi connectivity index (χ1v) is 7.40. The predicted octanol–water partition coefficient (Wildman–Crippen LogP) is 4.96. The molecule has 2 aromatic carbocycles. The molecular formula is C18H23NO. The monoisotopic (exact) mass is 269 g/mol. The van der Waals surface area contributed by atoms with Crippen LogP contribution in [0.5, 0.6) is 5.75 Å². The summed E-state index contributed by atoms with van der Waals surface area (Å²) < 4.78 is 5.60. The van der Waals surface area contributed by atoms with E-state index in [1.54, 1.807) is 0 Å². The minimum Gasteiger partial charge on any atom is -0.494 e. The van der Waals surface area contributed by atoms with Gasteiger partial charge in [0.15, 0.2) is 0 Å². The van der Waals surface area contributed by atoms with Crippen molar-refractivity contribution >= 4 is 5.69 Å². The van der Waals surface area contributed by atoms with Gasteiger partial charge in [-0.1, -0.05) is 38.1 Å². The molecule has 1 N–H and O–H groups in total. The van der Waals surface area contributed by atoms with Gasteiger partial charge >= 0.3 is 0 Å². The molecule has 2 aromatic rings. The number of benzene rings is 2. The Morgan fingerprint density at radius 3 is 1.95 bits per heavy atom. The Morgan fingerprint density at radius 2 is 1.40 bits per heavy atom. The maximum absolute atomic E-state index is 5.60. The Morgan fingerprint density at radius 1 is 0.800 bits per heavy atom. The molecule has 0 radical (unpaired) electrons. The highest BCUT2D eigenvalue weighted by Crippen LogP contribution is 2.24. The molecule has 2 nitrogen and oxygen atoms in total. The van der Waals surface area contributed by atoms with Crippen molar-refractivity contribution < 1.29 is 4.74 Å². The van der Waals surface area contributed by atoms with E-state index in [4.69, 9.17) is 4.74 Å². The Bertz CT molecular complexity index is 452. The van der Waals surface area contributed by atoms with Crippen LogP contribution in [0.4, 0.5) is 5.69 Å². The van der Waals surface area contributed by atoms with Crippen LogP contribution < -0.4 is 10.1 Å². The maximum Gasteiger partial charge on any atom is 0.119 e. The Labute approximate surface area is 121 Å². The molecule has 0 heterocycles. The zero-order valence-corrected chi connectivity index (χ0v) is 12.4. The molecule has 0 aliphatic rings. The van der Waals surface area contributed by atoms with Crippen molar-refractivity contribution in [2.24, 2.45) is 0 Å². The normalized spacial score (nSPS) is 10.3. The van der Waals surface area contributed by atoms with Gasteiger partial charge in [-0.15, -0.1) is 0 Å². The van der Waals surface area contributed by atoms with Crippen LogP contribution in [-0.2, 0) is 0 Å². The maximum atomic E-state index is 5.60. The number of anilines is 1. The SMILES string of the molecule is CCCNc1ccc(-c2ccc(OCCC)cc2)cc1. The van der Waals surface area contributed by atoms with Crippen LogP contribution >= 0.6 is 0 Å². The lowest BCUT2D eigenvalue weighted by molar-refractivity contribution is 0.317. The van der Waals surface area contributed by atoms with E-state index in [0.717, 1.165) is 31.7 Å². The van der Waals surface area contributed by atoms with Crippen LogP contribution in [-0.4, -0.2) is 13.2 Å². The van der Waals surface area contributed by atoms with Gasteiger partial charge in [-0.05, 0) is 48.2 Å². The fourth-order valence-corrected chi connectivity index (χ4v) is 2.01. The molecule has 0 bridgehead atoms. The zero-order chi connectivity index (χ0) is 14.2. The Hall–Kier alpha value is -1.96. The lowest BCUT2D eigenvalue weighted by Gasteiger charge is -2.08. The molecule has 0 unspecified atom stereocenters. The first-order valence-electron chi connectivity index (χ1n) is 7.40. The summed E-state index contributed by atoms with van der Waals surface area (Å²) >= 11 is 0. The molecule has 0 saturated carbocycles. The standard InChI is InChI=1S/C18H23NO/c1-3-13-19-17-9-5-15(6-10-17)16-7-11-18(12-8-16)20-14-4-2/h5-12,19H,3-4,13-14H2,1-2H3. The van der Waals surface area contributed by atoms with E-state index >= 15 is 0 Å². The molecular weight excluding hydrogens is 246 g/mol. The van der Waals surface area contributed by atoms with Gasteiger partial charge in [0.05, 0.1) is 6.61 Å². The summed E-state index contributed by atoms with van der Waals surface area (Å²) in [5.41, 5.74) is 3.63. The summed E-state index contributed by atoms with van der Waals surface area (Å²) in [5.74, 6) is 0.942. The molecule has 0 aliphatic heterocycles. The van der Waals surface area contributed by atoms with E-state index in [2.05, 4.69) is 55.6 Å². The van der Waals surface area contributed by atoms with Crippen molar-refractivity contribution in [2.75, 3.05) is 18.5 Å². The van der Waals surface area contributed by atoms with Crippen molar-refractivity contribution in [1.82, 2.24) is 0 Å². The second-order valence-corrected chi connectivity index (χ2v) is 4.88. The lowest BCUT2D eigenvalue weighted by atomic mass is 10.1. The van der Waals surface area contributed by atoms with Gasteiger partial charge in [-0.3, -0.25) is 0 Å². The van der Waals surface area contributed by atoms with Gasteiger partial charge in [0, 0.05) is 12.2 Å². The molecule has 0 fully saturated rings. The highest BCUT2D eigenvalue weighted by atomic mass is 16.5. The second kappa shape index (κ2) is 7.59. The van der Waals surface area contributed by atoms with Gasteiger partial charge < -0.3 is 10.1 Å². The summed E-state index contributed by atoms with van der Waals surface area (Å²) in [7, 11) is 0. The fourth-order valence-electron chi connectivity index (χ4n) is 2.01. The van der Waals surface area contributed by atoms with Crippen molar-refractivity contribution in [3.8, 4) is 16.9 Å². The second-order valence-electron chi connectivity index (χ2n) is 4.88. The molecule has 0 aliphatic carbocycles. The summed E-state index contributed by atoms with van der Waals surface area (Å²) in [4.78, 5) is 0. The molecule has 0 atom stereocenters. The third kappa shape index (κ3) is 4.02. The van der Waals surface area contributed by atoms with Gasteiger partial charge in [-0.25, -0.2) is 0 Å². The molecule has 0 spiro atoms. The van der Waals surface area contributed by atoms with Gasteiger partial charge in [-0.2, -0.15) is 0 Å². The molecule has 2 heteroatoms. The number of nitrogens with one attached hydrogen (secondary N) is 1. The molecule has 2 rings (SSSR count). The quantitative estimate of drug-likeness (QED) is 0.766. The van der Waals surface area contributed by atoms with Crippen LogP contribution in [0, 0.1) is 0 Å². The fraction of sp³-hybridized carbons (Fsp3) is 0.333. The van der Waals surface area contributed by atoms with E-state index in [0.29, 0.717) is 0 Å². The third-order valence-electron chi connectivity index (χ3n) is 3.12. The van der Waals surface area contributed by atoms with Crippen molar-refractivity contribution in [2.45, 2.75) is 26.7 Å². The Balaban J connectivity index is 2.03. The van der Waals surface area contributed by atoms with E-state index in [9.17, 15) is 0 Å². The van der Waals surface area contributed by atoms with Crippen LogP contribution in [0.15, 0.2) is 48.5 Å². The van der Waals surface area contributed by atoms with Crippen LogP contribution in [0.25, 0.3) is 11.1 Å².